The molecule has 21 heavy (non-hydrogen) atoms. The van der Waals surface area contributed by atoms with E-state index in [-0.39, 0.29) is 29.5 Å². The Labute approximate surface area is 121 Å². The third-order valence-corrected chi connectivity index (χ3v) is 4.45. The Hall–Kier alpha value is -2.24. The summed E-state index contributed by atoms with van der Waals surface area (Å²) in [7, 11) is 0. The zero-order chi connectivity index (χ0) is 15.0. The van der Waals surface area contributed by atoms with Crippen LogP contribution in [0.3, 0.4) is 0 Å². The number of carbonyl (C=O) groups excluding carboxylic acids is 2. The Morgan fingerprint density at radius 3 is 2.52 bits per heavy atom. The second-order valence-corrected chi connectivity index (χ2v) is 5.69. The number of rotatable bonds is 2. The van der Waals surface area contributed by atoms with Gasteiger partial charge in [-0.3, -0.25) is 24.6 Å². The second-order valence-electron chi connectivity index (χ2n) is 5.69. The predicted octanol–water partition coefficient (Wildman–Crippen LogP) is 2.53. The number of likely N-dealkylation sites (tertiary alicyclic amines) is 1. The lowest BCUT2D eigenvalue weighted by Gasteiger charge is -2.30. The minimum absolute atomic E-state index is 0.00828. The molecule has 2 aliphatic rings. The topological polar surface area (TPSA) is 80.5 Å². The molecule has 1 aliphatic carbocycles. The van der Waals surface area contributed by atoms with Gasteiger partial charge in [0.25, 0.3) is 11.6 Å². The summed E-state index contributed by atoms with van der Waals surface area (Å²) in [6.07, 6.45) is 4.48. The van der Waals surface area contributed by atoms with Gasteiger partial charge in [0.05, 0.1) is 4.92 Å². The molecule has 2 unspecified atom stereocenters. The predicted molar refractivity (Wildman–Crippen MR) is 74.6 cm³/mol. The van der Waals surface area contributed by atoms with Gasteiger partial charge in [-0.15, -0.1) is 0 Å². The van der Waals surface area contributed by atoms with Gasteiger partial charge in [-0.2, -0.15) is 0 Å². The Morgan fingerprint density at radius 1 is 1.19 bits per heavy atom. The summed E-state index contributed by atoms with van der Waals surface area (Å²) in [5.41, 5.74) is 0.273. The van der Waals surface area contributed by atoms with Crippen molar-refractivity contribution in [2.45, 2.75) is 38.1 Å². The van der Waals surface area contributed by atoms with E-state index in [1.807, 2.05) is 0 Å². The molecule has 1 saturated heterocycles. The molecule has 2 atom stereocenters. The van der Waals surface area contributed by atoms with Gasteiger partial charge in [0.15, 0.2) is 0 Å². The number of nitrogens with zero attached hydrogens (tertiary/aromatic N) is 2. The summed E-state index contributed by atoms with van der Waals surface area (Å²) in [6.45, 7) is 0. The highest BCUT2D eigenvalue weighted by atomic mass is 16.6. The zero-order valence-electron chi connectivity index (χ0n) is 11.5. The van der Waals surface area contributed by atoms with Crippen molar-refractivity contribution >= 4 is 17.5 Å². The van der Waals surface area contributed by atoms with E-state index in [9.17, 15) is 19.7 Å². The Balaban J connectivity index is 1.83. The number of hydrogen-bond acceptors (Lipinski definition) is 4. The van der Waals surface area contributed by atoms with E-state index in [4.69, 9.17) is 0 Å². The van der Waals surface area contributed by atoms with Crippen LogP contribution < -0.4 is 0 Å². The molecule has 110 valence electrons. The van der Waals surface area contributed by atoms with Gasteiger partial charge in [-0.25, -0.2) is 0 Å². The lowest BCUT2D eigenvalue weighted by molar-refractivity contribution is -0.384. The number of amides is 2. The molecule has 1 aromatic carbocycles. The van der Waals surface area contributed by atoms with Crippen molar-refractivity contribution in [3.05, 3.63) is 39.9 Å². The van der Waals surface area contributed by atoms with Crippen molar-refractivity contribution in [2.75, 3.05) is 0 Å². The van der Waals surface area contributed by atoms with Crippen LogP contribution >= 0.6 is 0 Å². The van der Waals surface area contributed by atoms with Crippen LogP contribution in [0.2, 0.25) is 0 Å². The molecule has 2 fully saturated rings. The molecule has 0 aromatic heterocycles. The van der Waals surface area contributed by atoms with Crippen molar-refractivity contribution in [1.29, 1.82) is 0 Å². The first-order chi connectivity index (χ1) is 10.1. The number of fused-ring (bicyclic) bond motifs is 1. The van der Waals surface area contributed by atoms with E-state index in [0.29, 0.717) is 12.0 Å². The molecule has 2 amide bonds. The average Bonchev–Trinajstić information content (AvgIpc) is 2.82. The Morgan fingerprint density at radius 2 is 1.86 bits per heavy atom. The molecule has 3 rings (SSSR count). The average molecular weight is 288 g/mol. The van der Waals surface area contributed by atoms with E-state index in [1.54, 1.807) is 0 Å². The van der Waals surface area contributed by atoms with Crippen LogP contribution in [0, 0.1) is 16.0 Å². The van der Waals surface area contributed by atoms with E-state index in [1.165, 1.54) is 29.2 Å². The van der Waals surface area contributed by atoms with Crippen LogP contribution in [-0.4, -0.2) is 27.7 Å². The van der Waals surface area contributed by atoms with Crippen molar-refractivity contribution < 1.29 is 14.5 Å². The van der Waals surface area contributed by atoms with Crippen molar-refractivity contribution in [3.63, 3.8) is 0 Å². The first-order valence-electron chi connectivity index (χ1n) is 7.19. The summed E-state index contributed by atoms with van der Waals surface area (Å²) in [4.78, 5) is 36.2. The highest BCUT2D eigenvalue weighted by Crippen LogP contribution is 2.37. The summed E-state index contributed by atoms with van der Waals surface area (Å²) in [5, 5.41) is 10.6. The largest absolute Gasteiger partial charge is 0.275 e. The van der Waals surface area contributed by atoms with Crippen LogP contribution in [0.15, 0.2) is 24.3 Å². The van der Waals surface area contributed by atoms with Gasteiger partial charge < -0.3 is 0 Å². The molecule has 0 spiro atoms. The number of benzene rings is 1. The molecular weight excluding hydrogens is 272 g/mol. The van der Waals surface area contributed by atoms with Crippen LogP contribution in [0.5, 0.6) is 0 Å². The summed E-state index contributed by atoms with van der Waals surface area (Å²) in [5.74, 6) is -0.159. The van der Waals surface area contributed by atoms with Crippen molar-refractivity contribution in [1.82, 2.24) is 4.90 Å². The molecule has 1 aliphatic heterocycles. The molecule has 0 bridgehead atoms. The summed E-state index contributed by atoms with van der Waals surface area (Å²) < 4.78 is 0. The van der Waals surface area contributed by atoms with Gasteiger partial charge in [-0.05, 0) is 30.9 Å². The standard InChI is InChI=1S/C15H16N2O4/c18-14-9-11-3-1-2-4-13(11)16(14)15(19)10-5-7-12(8-6-10)17(20)21/h5-8,11,13H,1-4,9H2. The molecule has 1 heterocycles. The maximum atomic E-state index is 12.5. The van der Waals surface area contributed by atoms with Crippen molar-refractivity contribution in [3.8, 4) is 0 Å². The number of nitro groups is 1. The maximum absolute atomic E-state index is 12.5. The number of nitro benzene ring substituents is 1. The third kappa shape index (κ3) is 2.41. The maximum Gasteiger partial charge on any atom is 0.269 e. The van der Waals surface area contributed by atoms with Crippen LogP contribution in [0.4, 0.5) is 5.69 Å². The lowest BCUT2D eigenvalue weighted by atomic mass is 9.85. The van der Waals surface area contributed by atoms with Gasteiger partial charge in [0, 0.05) is 30.2 Å². The minimum Gasteiger partial charge on any atom is -0.275 e. The molecular formula is C15H16N2O4. The molecule has 1 saturated carbocycles. The fourth-order valence-corrected chi connectivity index (χ4v) is 3.40. The fraction of sp³-hybridized carbons (Fsp3) is 0.467. The van der Waals surface area contributed by atoms with Gasteiger partial charge in [0.2, 0.25) is 5.91 Å². The summed E-state index contributed by atoms with van der Waals surface area (Å²) >= 11 is 0. The Bertz CT molecular complexity index is 596. The molecule has 1 aromatic rings. The molecule has 0 radical (unpaired) electrons. The quantitative estimate of drug-likeness (QED) is 0.476. The second kappa shape index (κ2) is 5.27. The van der Waals surface area contributed by atoms with Gasteiger partial charge in [0.1, 0.15) is 0 Å². The zero-order valence-corrected chi connectivity index (χ0v) is 11.5. The normalized spacial score (nSPS) is 24.8. The highest BCUT2D eigenvalue weighted by molar-refractivity contribution is 6.06. The van der Waals surface area contributed by atoms with Crippen LogP contribution in [-0.2, 0) is 4.79 Å². The smallest absolute Gasteiger partial charge is 0.269 e. The van der Waals surface area contributed by atoms with Crippen LogP contribution in [0.1, 0.15) is 42.5 Å². The lowest BCUT2D eigenvalue weighted by Crippen LogP contribution is -2.41. The van der Waals surface area contributed by atoms with E-state index in [2.05, 4.69) is 0 Å². The Kier molecular flexibility index (Phi) is 3.45. The molecule has 6 nitrogen and oxygen atoms in total. The van der Waals surface area contributed by atoms with E-state index < -0.39 is 4.92 Å². The van der Waals surface area contributed by atoms with Gasteiger partial charge >= 0.3 is 0 Å². The SMILES string of the molecule is O=C1CC2CCCCC2N1C(=O)c1ccc([N+](=O)[O-])cc1. The molecule has 6 heteroatoms. The number of hydrogen-bond donors (Lipinski definition) is 0. The van der Waals surface area contributed by atoms with E-state index >= 15 is 0 Å². The summed E-state index contributed by atoms with van der Waals surface area (Å²) in [6, 6.07) is 5.44. The molecule has 0 N–H and O–H groups in total. The number of carbonyl (C=O) groups is 2. The monoisotopic (exact) mass is 288 g/mol. The van der Waals surface area contributed by atoms with Gasteiger partial charge in [-0.1, -0.05) is 12.8 Å². The first-order valence-corrected chi connectivity index (χ1v) is 7.19. The highest BCUT2D eigenvalue weighted by Gasteiger charge is 2.44. The van der Waals surface area contributed by atoms with Crippen LogP contribution in [0.25, 0.3) is 0 Å². The third-order valence-electron chi connectivity index (χ3n) is 4.45. The van der Waals surface area contributed by atoms with Crippen molar-refractivity contribution in [2.24, 2.45) is 5.92 Å². The minimum atomic E-state index is -0.508. The fourth-order valence-electron chi connectivity index (χ4n) is 3.40. The first kappa shape index (κ1) is 13.7. The number of non-ortho nitro benzene ring substituents is 1. The van der Waals surface area contributed by atoms with E-state index in [0.717, 1.165) is 25.7 Å². The number of imide groups is 1.